The normalized spacial score (nSPS) is 10.9. The Kier molecular flexibility index (Phi) is 3.33. The van der Waals surface area contributed by atoms with Crippen LogP contribution in [0.2, 0.25) is 0 Å². The second-order valence-corrected chi connectivity index (χ2v) is 5.19. The monoisotopic (exact) mass is 296 g/mol. The van der Waals surface area contributed by atoms with E-state index >= 15 is 0 Å². The molecule has 0 aliphatic heterocycles. The SMILES string of the molecule is Cc1cc2nc(-c3ccc(F)cc3)ccc2c(C)c1[N+](=O)[O-]. The maximum Gasteiger partial charge on any atom is 0.275 e. The number of hydrogen-bond acceptors (Lipinski definition) is 3. The van der Waals surface area contributed by atoms with E-state index in [1.165, 1.54) is 12.1 Å². The van der Waals surface area contributed by atoms with Crippen molar-refractivity contribution in [3.8, 4) is 11.3 Å². The van der Waals surface area contributed by atoms with Gasteiger partial charge in [0.05, 0.1) is 16.1 Å². The van der Waals surface area contributed by atoms with E-state index in [0.717, 1.165) is 10.9 Å². The van der Waals surface area contributed by atoms with Crippen LogP contribution in [-0.4, -0.2) is 9.91 Å². The molecular formula is C17H13FN2O2. The molecule has 0 atom stereocenters. The fourth-order valence-corrected chi connectivity index (χ4v) is 2.66. The molecule has 0 saturated heterocycles. The topological polar surface area (TPSA) is 56.0 Å². The zero-order valence-electron chi connectivity index (χ0n) is 12.1. The summed E-state index contributed by atoms with van der Waals surface area (Å²) >= 11 is 0. The third kappa shape index (κ3) is 2.30. The Morgan fingerprint density at radius 2 is 1.77 bits per heavy atom. The molecule has 0 aliphatic rings. The van der Waals surface area contributed by atoms with Gasteiger partial charge in [0.1, 0.15) is 5.82 Å². The van der Waals surface area contributed by atoms with Gasteiger partial charge in [0.2, 0.25) is 0 Å². The van der Waals surface area contributed by atoms with Gasteiger partial charge in [-0.3, -0.25) is 10.1 Å². The Labute approximate surface area is 126 Å². The molecule has 0 unspecified atom stereocenters. The van der Waals surface area contributed by atoms with Gasteiger partial charge in [-0.25, -0.2) is 9.37 Å². The Morgan fingerprint density at radius 1 is 1.09 bits per heavy atom. The Balaban J connectivity index is 2.21. The van der Waals surface area contributed by atoms with E-state index in [0.29, 0.717) is 22.3 Å². The lowest BCUT2D eigenvalue weighted by Crippen LogP contribution is -1.97. The predicted molar refractivity (Wildman–Crippen MR) is 83.3 cm³/mol. The molecule has 1 aromatic heterocycles. The first-order chi connectivity index (χ1) is 10.5. The molecule has 0 radical (unpaired) electrons. The highest BCUT2D eigenvalue weighted by atomic mass is 19.1. The highest BCUT2D eigenvalue weighted by Crippen LogP contribution is 2.31. The van der Waals surface area contributed by atoms with Crippen LogP contribution in [0.3, 0.4) is 0 Å². The molecule has 0 fully saturated rings. The largest absolute Gasteiger partial charge is 0.275 e. The summed E-state index contributed by atoms with van der Waals surface area (Å²) in [5.41, 5.74) is 3.53. The van der Waals surface area contributed by atoms with Gasteiger partial charge in [-0.05, 0) is 50.2 Å². The van der Waals surface area contributed by atoms with E-state index < -0.39 is 0 Å². The number of fused-ring (bicyclic) bond motifs is 1. The second kappa shape index (κ2) is 5.18. The van der Waals surface area contributed by atoms with Crippen LogP contribution in [0.25, 0.3) is 22.2 Å². The van der Waals surface area contributed by atoms with Gasteiger partial charge in [0.15, 0.2) is 0 Å². The van der Waals surface area contributed by atoms with Crippen molar-refractivity contribution >= 4 is 16.6 Å². The molecule has 0 N–H and O–H groups in total. The summed E-state index contributed by atoms with van der Waals surface area (Å²) in [5, 5.41) is 11.9. The molecule has 5 heteroatoms. The lowest BCUT2D eigenvalue weighted by atomic mass is 10.0. The van der Waals surface area contributed by atoms with E-state index in [9.17, 15) is 14.5 Å². The Morgan fingerprint density at radius 3 is 2.41 bits per heavy atom. The quantitative estimate of drug-likeness (QED) is 0.514. The number of pyridine rings is 1. The minimum atomic E-state index is -0.363. The summed E-state index contributed by atoms with van der Waals surface area (Å²) < 4.78 is 13.0. The van der Waals surface area contributed by atoms with Crippen LogP contribution in [0.1, 0.15) is 11.1 Å². The average Bonchev–Trinajstić information content (AvgIpc) is 2.47. The minimum Gasteiger partial charge on any atom is -0.258 e. The van der Waals surface area contributed by atoms with Crippen molar-refractivity contribution in [3.05, 3.63) is 69.5 Å². The highest BCUT2D eigenvalue weighted by molar-refractivity contribution is 5.88. The summed E-state index contributed by atoms with van der Waals surface area (Å²) in [6.07, 6.45) is 0. The number of nitro benzene ring substituents is 1. The van der Waals surface area contributed by atoms with Gasteiger partial charge in [-0.2, -0.15) is 0 Å². The fraction of sp³-hybridized carbons (Fsp3) is 0.118. The first kappa shape index (κ1) is 14.1. The van der Waals surface area contributed by atoms with E-state index in [-0.39, 0.29) is 16.4 Å². The van der Waals surface area contributed by atoms with Crippen molar-refractivity contribution < 1.29 is 9.31 Å². The molecule has 0 bridgehead atoms. The van der Waals surface area contributed by atoms with Crippen molar-refractivity contribution in [2.75, 3.05) is 0 Å². The van der Waals surface area contributed by atoms with Crippen LogP contribution >= 0.6 is 0 Å². The molecule has 0 aliphatic carbocycles. The maximum atomic E-state index is 13.0. The molecule has 22 heavy (non-hydrogen) atoms. The summed E-state index contributed by atoms with van der Waals surface area (Å²) in [7, 11) is 0. The summed E-state index contributed by atoms with van der Waals surface area (Å²) in [5.74, 6) is -0.299. The lowest BCUT2D eigenvalue weighted by Gasteiger charge is -2.08. The lowest BCUT2D eigenvalue weighted by molar-refractivity contribution is -0.385. The van der Waals surface area contributed by atoms with Crippen LogP contribution in [0.15, 0.2) is 42.5 Å². The number of nitro groups is 1. The van der Waals surface area contributed by atoms with Gasteiger partial charge in [0, 0.05) is 22.1 Å². The van der Waals surface area contributed by atoms with Crippen molar-refractivity contribution in [2.24, 2.45) is 0 Å². The number of benzene rings is 2. The van der Waals surface area contributed by atoms with Crippen LogP contribution in [0.5, 0.6) is 0 Å². The van der Waals surface area contributed by atoms with Crippen molar-refractivity contribution in [1.29, 1.82) is 0 Å². The first-order valence-corrected chi connectivity index (χ1v) is 6.78. The molecule has 0 spiro atoms. The van der Waals surface area contributed by atoms with Crippen molar-refractivity contribution in [3.63, 3.8) is 0 Å². The van der Waals surface area contributed by atoms with Gasteiger partial charge < -0.3 is 0 Å². The second-order valence-electron chi connectivity index (χ2n) is 5.19. The van der Waals surface area contributed by atoms with Crippen molar-refractivity contribution in [1.82, 2.24) is 4.98 Å². The molecule has 110 valence electrons. The van der Waals surface area contributed by atoms with Crippen LogP contribution in [-0.2, 0) is 0 Å². The molecule has 0 amide bonds. The molecule has 0 saturated carbocycles. The zero-order valence-corrected chi connectivity index (χ0v) is 12.1. The first-order valence-electron chi connectivity index (χ1n) is 6.78. The van der Waals surface area contributed by atoms with Crippen molar-refractivity contribution in [2.45, 2.75) is 13.8 Å². The molecule has 2 aromatic carbocycles. The van der Waals surface area contributed by atoms with Crippen LogP contribution < -0.4 is 0 Å². The molecule has 1 heterocycles. The van der Waals surface area contributed by atoms with Gasteiger partial charge in [-0.15, -0.1) is 0 Å². The van der Waals surface area contributed by atoms with Gasteiger partial charge in [-0.1, -0.05) is 6.07 Å². The summed E-state index contributed by atoms with van der Waals surface area (Å²) in [6.45, 7) is 3.43. The summed E-state index contributed by atoms with van der Waals surface area (Å²) in [6, 6.07) is 11.4. The molecule has 3 rings (SSSR count). The van der Waals surface area contributed by atoms with E-state index in [4.69, 9.17) is 0 Å². The maximum absolute atomic E-state index is 13.0. The van der Waals surface area contributed by atoms with Crippen LogP contribution in [0.4, 0.5) is 10.1 Å². The number of halogens is 1. The van der Waals surface area contributed by atoms with Gasteiger partial charge >= 0.3 is 0 Å². The fourth-order valence-electron chi connectivity index (χ4n) is 2.66. The summed E-state index contributed by atoms with van der Waals surface area (Å²) in [4.78, 5) is 15.3. The van der Waals surface area contributed by atoms with Gasteiger partial charge in [0.25, 0.3) is 5.69 Å². The smallest absolute Gasteiger partial charge is 0.258 e. The third-order valence-electron chi connectivity index (χ3n) is 3.73. The number of aromatic nitrogens is 1. The molecule has 3 aromatic rings. The average molecular weight is 296 g/mol. The number of aryl methyl sites for hydroxylation is 2. The Hall–Kier alpha value is -2.82. The van der Waals surface area contributed by atoms with E-state index in [2.05, 4.69) is 4.98 Å². The van der Waals surface area contributed by atoms with E-state index in [1.54, 1.807) is 38.1 Å². The van der Waals surface area contributed by atoms with Crippen LogP contribution in [0, 0.1) is 29.8 Å². The number of hydrogen-bond donors (Lipinski definition) is 0. The predicted octanol–water partition coefficient (Wildman–Crippen LogP) is 4.57. The molecule has 4 nitrogen and oxygen atoms in total. The third-order valence-corrected chi connectivity index (χ3v) is 3.73. The zero-order chi connectivity index (χ0) is 15.9. The van der Waals surface area contributed by atoms with E-state index in [1.807, 2.05) is 6.07 Å². The highest BCUT2D eigenvalue weighted by Gasteiger charge is 2.18. The number of rotatable bonds is 2. The standard InChI is InChI=1S/C17H13FN2O2/c1-10-9-16-14(11(2)17(10)20(21)22)7-8-15(19-16)12-3-5-13(18)6-4-12/h3-9H,1-2H3. The minimum absolute atomic E-state index is 0.129. The molecular weight excluding hydrogens is 283 g/mol. The Bertz CT molecular complexity index is 889. The number of nitrogens with zero attached hydrogens (tertiary/aromatic N) is 2.